The second-order valence-electron chi connectivity index (χ2n) is 4.93. The normalized spacial score (nSPS) is 34.0. The summed E-state index contributed by atoms with van der Waals surface area (Å²) in [6.07, 6.45) is 2.77. The van der Waals surface area contributed by atoms with Gasteiger partial charge in [-0.15, -0.1) is 0 Å². The third-order valence-corrected chi connectivity index (χ3v) is 3.81. The molecule has 2 saturated heterocycles. The second kappa shape index (κ2) is 5.28. The summed E-state index contributed by atoms with van der Waals surface area (Å²) in [6, 6.07) is 1.33. The number of piperidine rings is 1. The molecule has 88 valence electrons. The van der Waals surface area contributed by atoms with E-state index in [4.69, 9.17) is 4.74 Å². The highest BCUT2D eigenvalue weighted by Crippen LogP contribution is 2.26. The van der Waals surface area contributed by atoms with Crippen molar-refractivity contribution in [1.82, 2.24) is 10.2 Å². The largest absolute Gasteiger partial charge is 0.380 e. The number of ether oxygens (including phenoxy) is 1. The molecule has 2 rings (SSSR count). The molecular formula is C12H24N2O. The van der Waals surface area contributed by atoms with Crippen molar-refractivity contribution in [1.29, 1.82) is 0 Å². The van der Waals surface area contributed by atoms with Crippen LogP contribution in [0.2, 0.25) is 0 Å². The zero-order chi connectivity index (χ0) is 10.7. The number of fused-ring (bicyclic) bond motifs is 1. The monoisotopic (exact) mass is 212 g/mol. The Hall–Kier alpha value is -0.120. The lowest BCUT2D eigenvalue weighted by Crippen LogP contribution is -2.41. The first-order valence-corrected chi connectivity index (χ1v) is 6.36. The maximum Gasteiger partial charge on any atom is 0.0619 e. The van der Waals surface area contributed by atoms with Gasteiger partial charge in [-0.2, -0.15) is 0 Å². The van der Waals surface area contributed by atoms with Gasteiger partial charge in [-0.05, 0) is 39.2 Å². The average Bonchev–Trinajstić information content (AvgIpc) is 2.69. The molecule has 0 aromatic heterocycles. The van der Waals surface area contributed by atoms with Crippen molar-refractivity contribution in [3.05, 3.63) is 0 Å². The van der Waals surface area contributed by atoms with Crippen molar-refractivity contribution in [2.75, 3.05) is 32.8 Å². The molecule has 1 unspecified atom stereocenters. The summed E-state index contributed by atoms with van der Waals surface area (Å²) in [4.78, 5) is 2.59. The standard InChI is InChI=1S/C12H24N2O/c1-3-15-9-10(2)14-7-11-5-4-6-13-12(11)8-14/h10-13H,3-9H2,1-2H3/t10?,11-,12+/m0/s1. The van der Waals surface area contributed by atoms with Gasteiger partial charge in [0.1, 0.15) is 0 Å². The fraction of sp³-hybridized carbons (Fsp3) is 1.00. The van der Waals surface area contributed by atoms with Crippen molar-refractivity contribution < 1.29 is 4.74 Å². The molecule has 0 spiro atoms. The van der Waals surface area contributed by atoms with E-state index in [2.05, 4.69) is 24.1 Å². The van der Waals surface area contributed by atoms with Crippen molar-refractivity contribution >= 4 is 0 Å². The number of likely N-dealkylation sites (tertiary alicyclic amines) is 1. The van der Waals surface area contributed by atoms with Gasteiger partial charge in [0.25, 0.3) is 0 Å². The molecule has 0 bridgehead atoms. The van der Waals surface area contributed by atoms with Crippen LogP contribution in [0.4, 0.5) is 0 Å². The Labute approximate surface area is 93.2 Å². The lowest BCUT2D eigenvalue weighted by molar-refractivity contribution is 0.0824. The SMILES string of the molecule is CCOCC(C)N1C[C@@H]2CCCN[C@@H]2C1. The molecule has 0 amide bonds. The molecule has 0 aromatic carbocycles. The van der Waals surface area contributed by atoms with Gasteiger partial charge in [0, 0.05) is 31.8 Å². The van der Waals surface area contributed by atoms with E-state index >= 15 is 0 Å². The van der Waals surface area contributed by atoms with Crippen LogP contribution in [0, 0.1) is 5.92 Å². The minimum atomic E-state index is 0.581. The Kier molecular flexibility index (Phi) is 4.00. The van der Waals surface area contributed by atoms with Gasteiger partial charge in [-0.1, -0.05) is 0 Å². The van der Waals surface area contributed by atoms with E-state index in [0.717, 1.165) is 25.2 Å². The van der Waals surface area contributed by atoms with Crippen LogP contribution in [0.1, 0.15) is 26.7 Å². The van der Waals surface area contributed by atoms with Crippen LogP contribution < -0.4 is 5.32 Å². The Balaban J connectivity index is 1.80. The number of nitrogens with one attached hydrogen (secondary N) is 1. The van der Waals surface area contributed by atoms with E-state index in [9.17, 15) is 0 Å². The number of hydrogen-bond donors (Lipinski definition) is 1. The van der Waals surface area contributed by atoms with Crippen LogP contribution in [-0.2, 0) is 4.74 Å². The zero-order valence-electron chi connectivity index (χ0n) is 10.0. The molecule has 0 saturated carbocycles. The van der Waals surface area contributed by atoms with Crippen molar-refractivity contribution in [2.45, 2.75) is 38.8 Å². The predicted molar refractivity (Wildman–Crippen MR) is 62.0 cm³/mol. The Bertz CT molecular complexity index is 184. The molecule has 1 N–H and O–H groups in total. The summed E-state index contributed by atoms with van der Waals surface area (Å²) in [5, 5.41) is 3.64. The topological polar surface area (TPSA) is 24.5 Å². The van der Waals surface area contributed by atoms with Gasteiger partial charge in [-0.25, -0.2) is 0 Å². The fourth-order valence-corrected chi connectivity index (χ4v) is 2.83. The van der Waals surface area contributed by atoms with E-state index in [1.54, 1.807) is 0 Å². The highest BCUT2D eigenvalue weighted by Gasteiger charge is 2.35. The second-order valence-corrected chi connectivity index (χ2v) is 4.93. The molecule has 0 aromatic rings. The van der Waals surface area contributed by atoms with E-state index in [0.29, 0.717) is 6.04 Å². The summed E-state index contributed by atoms with van der Waals surface area (Å²) < 4.78 is 5.50. The molecule has 2 aliphatic heterocycles. The summed E-state index contributed by atoms with van der Waals surface area (Å²) >= 11 is 0. The van der Waals surface area contributed by atoms with Crippen LogP contribution in [0.15, 0.2) is 0 Å². The maximum atomic E-state index is 5.50. The minimum Gasteiger partial charge on any atom is -0.380 e. The molecule has 0 radical (unpaired) electrons. The van der Waals surface area contributed by atoms with E-state index in [1.165, 1.54) is 32.5 Å². The van der Waals surface area contributed by atoms with Crippen LogP contribution >= 0.6 is 0 Å². The lowest BCUT2D eigenvalue weighted by Gasteiger charge is -2.25. The summed E-state index contributed by atoms with van der Waals surface area (Å²) in [5.74, 6) is 0.892. The molecule has 0 aliphatic carbocycles. The van der Waals surface area contributed by atoms with Gasteiger partial charge < -0.3 is 10.1 Å². The average molecular weight is 212 g/mol. The van der Waals surface area contributed by atoms with Crippen LogP contribution in [0.25, 0.3) is 0 Å². The summed E-state index contributed by atoms with van der Waals surface area (Å²) in [7, 11) is 0. The van der Waals surface area contributed by atoms with Crippen molar-refractivity contribution in [3.63, 3.8) is 0 Å². The molecule has 3 nitrogen and oxygen atoms in total. The first-order valence-electron chi connectivity index (χ1n) is 6.36. The zero-order valence-corrected chi connectivity index (χ0v) is 10.0. The summed E-state index contributed by atoms with van der Waals surface area (Å²) in [5.41, 5.74) is 0. The van der Waals surface area contributed by atoms with E-state index in [1.807, 2.05) is 0 Å². The highest BCUT2D eigenvalue weighted by atomic mass is 16.5. The van der Waals surface area contributed by atoms with Gasteiger partial charge >= 0.3 is 0 Å². The minimum absolute atomic E-state index is 0.581. The van der Waals surface area contributed by atoms with Gasteiger partial charge in [0.2, 0.25) is 0 Å². The number of nitrogens with zero attached hydrogens (tertiary/aromatic N) is 1. The molecule has 15 heavy (non-hydrogen) atoms. The van der Waals surface area contributed by atoms with Gasteiger partial charge in [0.15, 0.2) is 0 Å². The summed E-state index contributed by atoms with van der Waals surface area (Å²) in [6.45, 7) is 9.78. The number of hydrogen-bond acceptors (Lipinski definition) is 3. The third-order valence-electron chi connectivity index (χ3n) is 3.81. The Morgan fingerprint density at radius 2 is 2.33 bits per heavy atom. The van der Waals surface area contributed by atoms with Gasteiger partial charge in [0.05, 0.1) is 6.61 Å². The molecule has 3 heteroatoms. The first-order chi connectivity index (χ1) is 7.31. The van der Waals surface area contributed by atoms with Crippen LogP contribution in [0.5, 0.6) is 0 Å². The van der Waals surface area contributed by atoms with Crippen molar-refractivity contribution in [3.8, 4) is 0 Å². The molecule has 3 atom stereocenters. The highest BCUT2D eigenvalue weighted by molar-refractivity contribution is 4.93. The molecule has 2 heterocycles. The van der Waals surface area contributed by atoms with Crippen molar-refractivity contribution in [2.24, 2.45) is 5.92 Å². The molecule has 2 fully saturated rings. The lowest BCUT2D eigenvalue weighted by atomic mass is 9.94. The van der Waals surface area contributed by atoms with E-state index < -0.39 is 0 Å². The van der Waals surface area contributed by atoms with E-state index in [-0.39, 0.29) is 0 Å². The quantitative estimate of drug-likeness (QED) is 0.755. The Morgan fingerprint density at radius 3 is 3.07 bits per heavy atom. The maximum absolute atomic E-state index is 5.50. The van der Waals surface area contributed by atoms with Crippen LogP contribution in [0.3, 0.4) is 0 Å². The smallest absolute Gasteiger partial charge is 0.0619 e. The molecule has 2 aliphatic rings. The fourth-order valence-electron chi connectivity index (χ4n) is 2.83. The third kappa shape index (κ3) is 2.71. The van der Waals surface area contributed by atoms with Gasteiger partial charge in [-0.3, -0.25) is 4.90 Å². The first kappa shape index (κ1) is 11.4. The molecular weight excluding hydrogens is 188 g/mol. The predicted octanol–water partition coefficient (Wildman–Crippen LogP) is 1.10. The van der Waals surface area contributed by atoms with Crippen LogP contribution in [-0.4, -0.2) is 49.8 Å². The number of rotatable bonds is 4. The Morgan fingerprint density at radius 1 is 1.47 bits per heavy atom.